The van der Waals surface area contributed by atoms with Gasteiger partial charge in [-0.25, -0.2) is 10.8 Å². The van der Waals surface area contributed by atoms with Gasteiger partial charge in [0.25, 0.3) is 5.69 Å². The monoisotopic (exact) mass is 295 g/mol. The van der Waals surface area contributed by atoms with Crippen LogP contribution in [0.15, 0.2) is 24.3 Å². The lowest BCUT2D eigenvalue weighted by atomic mass is 10.3. The predicted octanol–water partition coefficient (Wildman–Crippen LogP) is 2.42. The van der Waals surface area contributed by atoms with Crippen LogP contribution < -0.4 is 16.0 Å². The Morgan fingerprint density at radius 2 is 2.15 bits per heavy atom. The van der Waals surface area contributed by atoms with Gasteiger partial charge in [-0.2, -0.15) is 4.98 Å². The number of non-ortho nitro benzene ring substituents is 1. The van der Waals surface area contributed by atoms with Crippen LogP contribution in [-0.4, -0.2) is 14.9 Å². The van der Waals surface area contributed by atoms with Gasteiger partial charge in [0, 0.05) is 18.2 Å². The van der Waals surface area contributed by atoms with Crippen molar-refractivity contribution in [2.24, 2.45) is 5.84 Å². The zero-order valence-corrected chi connectivity index (χ0v) is 11.1. The van der Waals surface area contributed by atoms with E-state index in [9.17, 15) is 10.1 Å². The molecule has 1 aromatic heterocycles. The Bertz CT molecular complexity index is 665. The number of aryl methyl sites for hydroxylation is 1. The third kappa shape index (κ3) is 3.11. The highest BCUT2D eigenvalue weighted by Crippen LogP contribution is 2.32. The molecule has 0 spiro atoms. The van der Waals surface area contributed by atoms with Crippen LogP contribution >= 0.6 is 11.6 Å². The van der Waals surface area contributed by atoms with E-state index in [1.165, 1.54) is 24.3 Å². The molecule has 20 heavy (non-hydrogen) atoms. The van der Waals surface area contributed by atoms with Crippen molar-refractivity contribution in [2.75, 3.05) is 5.43 Å². The topological polar surface area (TPSA) is 116 Å². The van der Waals surface area contributed by atoms with Gasteiger partial charge in [0.05, 0.1) is 9.95 Å². The number of ether oxygens (including phenoxy) is 1. The minimum Gasteiger partial charge on any atom is -0.437 e. The smallest absolute Gasteiger partial charge is 0.271 e. The second kappa shape index (κ2) is 5.68. The minimum absolute atomic E-state index is 0.109. The molecule has 0 aliphatic heterocycles. The fraction of sp³-hybridized carbons (Fsp3) is 0.0909. The number of nitrogens with one attached hydrogen (secondary N) is 1. The van der Waals surface area contributed by atoms with E-state index in [0.29, 0.717) is 11.6 Å². The highest BCUT2D eigenvalue weighted by Gasteiger charge is 2.12. The van der Waals surface area contributed by atoms with Crippen LogP contribution in [0.4, 0.5) is 11.5 Å². The molecule has 3 N–H and O–H groups in total. The molecule has 0 unspecified atom stereocenters. The molecule has 0 amide bonds. The first-order valence-electron chi connectivity index (χ1n) is 5.43. The van der Waals surface area contributed by atoms with Gasteiger partial charge >= 0.3 is 0 Å². The first-order chi connectivity index (χ1) is 9.49. The van der Waals surface area contributed by atoms with Crippen LogP contribution in [-0.2, 0) is 0 Å². The normalized spacial score (nSPS) is 10.2. The van der Waals surface area contributed by atoms with Crippen molar-refractivity contribution in [1.29, 1.82) is 0 Å². The Balaban J connectivity index is 2.30. The molecule has 0 aliphatic rings. The molecule has 1 heterocycles. The molecule has 8 nitrogen and oxygen atoms in total. The van der Waals surface area contributed by atoms with Crippen molar-refractivity contribution in [3.05, 3.63) is 45.2 Å². The van der Waals surface area contributed by atoms with Gasteiger partial charge in [-0.15, -0.1) is 0 Å². The lowest BCUT2D eigenvalue weighted by Crippen LogP contribution is -2.09. The van der Waals surface area contributed by atoms with E-state index in [2.05, 4.69) is 15.4 Å². The average molecular weight is 296 g/mol. The van der Waals surface area contributed by atoms with Gasteiger partial charge in [0.2, 0.25) is 5.88 Å². The van der Waals surface area contributed by atoms with Gasteiger partial charge in [0.15, 0.2) is 0 Å². The molecule has 0 saturated carbocycles. The molecule has 2 rings (SSSR count). The molecule has 9 heteroatoms. The number of hydrogen-bond donors (Lipinski definition) is 2. The summed E-state index contributed by atoms with van der Waals surface area (Å²) in [6.45, 7) is 1.67. The van der Waals surface area contributed by atoms with E-state index in [1.807, 2.05) is 0 Å². The lowest BCUT2D eigenvalue weighted by molar-refractivity contribution is -0.384. The van der Waals surface area contributed by atoms with Crippen LogP contribution in [0.1, 0.15) is 5.82 Å². The number of nitrogens with zero attached hydrogens (tertiary/aromatic N) is 3. The number of rotatable bonds is 4. The Kier molecular flexibility index (Phi) is 3.97. The largest absolute Gasteiger partial charge is 0.437 e. The summed E-state index contributed by atoms with van der Waals surface area (Å²) < 4.78 is 5.47. The standard InChI is InChI=1S/C11H10ClN5O3/c1-6-14-10(16-13)5-11(15-6)20-9-3-2-7(17(18)19)4-8(9)12/h2-5H,13H2,1H3,(H,14,15,16). The number of nitro groups is 1. The Hall–Kier alpha value is -2.45. The van der Waals surface area contributed by atoms with E-state index in [-0.39, 0.29) is 22.3 Å². The number of benzene rings is 1. The number of nitrogens with two attached hydrogens (primary N) is 1. The van der Waals surface area contributed by atoms with Crippen molar-refractivity contribution in [1.82, 2.24) is 9.97 Å². The van der Waals surface area contributed by atoms with Gasteiger partial charge in [-0.1, -0.05) is 11.6 Å². The minimum atomic E-state index is -0.541. The number of aromatic nitrogens is 2. The fourth-order valence-electron chi connectivity index (χ4n) is 1.47. The number of hydrazine groups is 1. The highest BCUT2D eigenvalue weighted by atomic mass is 35.5. The number of anilines is 1. The number of halogens is 1. The predicted molar refractivity (Wildman–Crippen MR) is 72.8 cm³/mol. The fourth-order valence-corrected chi connectivity index (χ4v) is 1.68. The maximum atomic E-state index is 10.6. The first kappa shape index (κ1) is 14.0. The average Bonchev–Trinajstić information content (AvgIpc) is 2.40. The number of nitro benzene ring substituents is 1. The van der Waals surface area contributed by atoms with Gasteiger partial charge in [-0.3, -0.25) is 10.1 Å². The maximum Gasteiger partial charge on any atom is 0.271 e. The second-order valence-corrected chi connectivity index (χ2v) is 4.16. The van der Waals surface area contributed by atoms with E-state index < -0.39 is 4.92 Å². The molecule has 0 fully saturated rings. The summed E-state index contributed by atoms with van der Waals surface area (Å²) in [6.07, 6.45) is 0. The van der Waals surface area contributed by atoms with E-state index in [4.69, 9.17) is 22.2 Å². The molecular weight excluding hydrogens is 286 g/mol. The van der Waals surface area contributed by atoms with E-state index in [0.717, 1.165) is 0 Å². The molecule has 0 atom stereocenters. The Labute approximate surface area is 118 Å². The van der Waals surface area contributed by atoms with Crippen LogP contribution in [0.3, 0.4) is 0 Å². The van der Waals surface area contributed by atoms with Crippen molar-refractivity contribution in [3.8, 4) is 11.6 Å². The molecule has 0 saturated heterocycles. The van der Waals surface area contributed by atoms with Crippen LogP contribution in [0.5, 0.6) is 11.6 Å². The van der Waals surface area contributed by atoms with Gasteiger partial charge in [-0.05, 0) is 13.0 Å². The summed E-state index contributed by atoms with van der Waals surface area (Å²) in [5, 5.41) is 10.7. The summed E-state index contributed by atoms with van der Waals surface area (Å²) in [5.74, 6) is 6.57. The number of hydrogen-bond acceptors (Lipinski definition) is 7. The van der Waals surface area contributed by atoms with Gasteiger partial charge in [0.1, 0.15) is 17.4 Å². The van der Waals surface area contributed by atoms with Crippen molar-refractivity contribution >= 4 is 23.1 Å². The van der Waals surface area contributed by atoms with Crippen molar-refractivity contribution in [2.45, 2.75) is 6.92 Å². The SMILES string of the molecule is Cc1nc(NN)cc(Oc2ccc([N+](=O)[O-])cc2Cl)n1. The lowest BCUT2D eigenvalue weighted by Gasteiger charge is -2.08. The van der Waals surface area contributed by atoms with E-state index >= 15 is 0 Å². The molecule has 0 bridgehead atoms. The maximum absolute atomic E-state index is 10.6. The zero-order valence-electron chi connectivity index (χ0n) is 10.3. The quantitative estimate of drug-likeness (QED) is 0.505. The zero-order chi connectivity index (χ0) is 14.7. The third-order valence-electron chi connectivity index (χ3n) is 2.30. The van der Waals surface area contributed by atoms with Gasteiger partial charge < -0.3 is 10.2 Å². The first-order valence-corrected chi connectivity index (χ1v) is 5.81. The van der Waals surface area contributed by atoms with E-state index in [1.54, 1.807) is 6.92 Å². The summed E-state index contributed by atoms with van der Waals surface area (Å²) in [5.41, 5.74) is 2.26. The molecular formula is C11H10ClN5O3. The summed E-state index contributed by atoms with van der Waals surface area (Å²) in [4.78, 5) is 18.1. The summed E-state index contributed by atoms with van der Waals surface area (Å²) >= 11 is 5.92. The Morgan fingerprint density at radius 3 is 2.75 bits per heavy atom. The van der Waals surface area contributed by atoms with Crippen LogP contribution in [0, 0.1) is 17.0 Å². The molecule has 2 aromatic rings. The molecule has 0 aliphatic carbocycles. The van der Waals surface area contributed by atoms with Crippen LogP contribution in [0.25, 0.3) is 0 Å². The van der Waals surface area contributed by atoms with Crippen molar-refractivity contribution < 1.29 is 9.66 Å². The molecule has 104 valence electrons. The van der Waals surface area contributed by atoms with Crippen molar-refractivity contribution in [3.63, 3.8) is 0 Å². The van der Waals surface area contributed by atoms with Crippen LogP contribution in [0.2, 0.25) is 5.02 Å². The molecule has 1 aromatic carbocycles. The summed E-state index contributed by atoms with van der Waals surface area (Å²) in [7, 11) is 0. The Morgan fingerprint density at radius 1 is 1.40 bits per heavy atom. The second-order valence-electron chi connectivity index (χ2n) is 3.76. The third-order valence-corrected chi connectivity index (χ3v) is 2.60. The number of nitrogen functional groups attached to an aromatic ring is 1. The summed E-state index contributed by atoms with van der Waals surface area (Å²) in [6, 6.07) is 5.36. The molecule has 0 radical (unpaired) electrons. The highest BCUT2D eigenvalue weighted by molar-refractivity contribution is 6.32.